The van der Waals surface area contributed by atoms with Gasteiger partial charge in [0.1, 0.15) is 11.9 Å². The minimum atomic E-state index is 0.0133. The number of hydrazine groups is 1. The molecule has 1 aromatic carbocycles. The zero-order valence-electron chi connectivity index (χ0n) is 15.8. The summed E-state index contributed by atoms with van der Waals surface area (Å²) in [5.41, 5.74) is 8.52. The number of hydrogen-bond acceptors (Lipinski definition) is 5. The number of carbonyl (C=O) groups is 1. The number of rotatable bonds is 4. The van der Waals surface area contributed by atoms with Crippen LogP contribution in [0.5, 0.6) is 5.75 Å². The standard InChI is InChI=1S/C20H30N4O2/c1-13(2)19-17(10-22-23-20(19)25)24-11-14-4-3-5-18(16(14)12-24)26-15-6-8-21-9-7-15/h3-5,13,15,17,19,21-22H,6-12H2,1-2H3,(H,23,25). The van der Waals surface area contributed by atoms with Crippen LogP contribution >= 0.6 is 0 Å². The Labute approximate surface area is 155 Å². The monoisotopic (exact) mass is 358 g/mol. The molecule has 0 spiro atoms. The maximum Gasteiger partial charge on any atom is 0.239 e. The Bertz CT molecular complexity index is 657. The molecule has 26 heavy (non-hydrogen) atoms. The summed E-state index contributed by atoms with van der Waals surface area (Å²) >= 11 is 0. The Kier molecular flexibility index (Phi) is 5.16. The van der Waals surface area contributed by atoms with Gasteiger partial charge in [-0.25, -0.2) is 5.43 Å². The number of benzene rings is 1. The molecule has 2 atom stereocenters. The first kappa shape index (κ1) is 17.8. The van der Waals surface area contributed by atoms with Crippen LogP contribution in [0.2, 0.25) is 0 Å². The van der Waals surface area contributed by atoms with Crippen molar-refractivity contribution in [3.8, 4) is 5.75 Å². The van der Waals surface area contributed by atoms with E-state index in [2.05, 4.69) is 53.1 Å². The van der Waals surface area contributed by atoms with Gasteiger partial charge in [-0.15, -0.1) is 0 Å². The van der Waals surface area contributed by atoms with E-state index in [0.717, 1.165) is 51.3 Å². The molecule has 3 N–H and O–H groups in total. The fourth-order valence-corrected chi connectivity index (χ4v) is 4.59. The molecular weight excluding hydrogens is 328 g/mol. The molecule has 3 heterocycles. The second-order valence-corrected chi connectivity index (χ2v) is 8.07. The lowest BCUT2D eigenvalue weighted by atomic mass is 9.85. The van der Waals surface area contributed by atoms with E-state index in [9.17, 15) is 4.79 Å². The van der Waals surface area contributed by atoms with Crippen molar-refractivity contribution in [1.29, 1.82) is 0 Å². The first-order chi connectivity index (χ1) is 12.6. The van der Waals surface area contributed by atoms with Gasteiger partial charge in [-0.1, -0.05) is 26.0 Å². The van der Waals surface area contributed by atoms with Crippen LogP contribution in [0.15, 0.2) is 18.2 Å². The van der Waals surface area contributed by atoms with Crippen molar-refractivity contribution in [3.63, 3.8) is 0 Å². The quantitative estimate of drug-likeness (QED) is 0.759. The third-order valence-electron chi connectivity index (χ3n) is 5.97. The SMILES string of the molecule is CC(C)C1C(=O)NNCC1N1Cc2cccc(OC3CCNCC3)c2C1. The van der Waals surface area contributed by atoms with Crippen molar-refractivity contribution in [1.82, 2.24) is 21.1 Å². The van der Waals surface area contributed by atoms with Crippen molar-refractivity contribution in [2.24, 2.45) is 11.8 Å². The number of carbonyl (C=O) groups excluding carboxylic acids is 1. The van der Waals surface area contributed by atoms with Gasteiger partial charge in [0, 0.05) is 31.2 Å². The first-order valence-corrected chi connectivity index (χ1v) is 9.88. The molecule has 3 aliphatic heterocycles. The minimum Gasteiger partial charge on any atom is -0.490 e. The number of nitrogens with one attached hydrogen (secondary N) is 3. The second-order valence-electron chi connectivity index (χ2n) is 8.07. The number of nitrogens with zero attached hydrogens (tertiary/aromatic N) is 1. The molecule has 0 saturated carbocycles. The van der Waals surface area contributed by atoms with Crippen LogP contribution in [-0.4, -0.2) is 42.6 Å². The molecule has 1 aromatic rings. The molecule has 0 radical (unpaired) electrons. The highest BCUT2D eigenvalue weighted by molar-refractivity contribution is 5.80. The Hall–Kier alpha value is -1.63. The summed E-state index contributed by atoms with van der Waals surface area (Å²) in [6.07, 6.45) is 2.44. The summed E-state index contributed by atoms with van der Waals surface area (Å²) in [4.78, 5) is 14.8. The first-order valence-electron chi connectivity index (χ1n) is 9.88. The topological polar surface area (TPSA) is 65.6 Å². The number of ether oxygens (including phenoxy) is 1. The number of hydrogen-bond donors (Lipinski definition) is 3. The highest BCUT2D eigenvalue weighted by atomic mass is 16.5. The van der Waals surface area contributed by atoms with E-state index in [-0.39, 0.29) is 17.9 Å². The predicted molar refractivity (Wildman–Crippen MR) is 100 cm³/mol. The Morgan fingerprint density at radius 2 is 2.00 bits per heavy atom. The van der Waals surface area contributed by atoms with Crippen LogP contribution in [0.25, 0.3) is 0 Å². The number of fused-ring (bicyclic) bond motifs is 1. The van der Waals surface area contributed by atoms with Crippen molar-refractivity contribution in [3.05, 3.63) is 29.3 Å². The van der Waals surface area contributed by atoms with E-state index in [1.807, 2.05) is 0 Å². The normalized spacial score (nSPS) is 27.4. The van der Waals surface area contributed by atoms with E-state index >= 15 is 0 Å². The van der Waals surface area contributed by atoms with E-state index in [1.54, 1.807) is 0 Å². The molecule has 4 rings (SSSR count). The average Bonchev–Trinajstić information content (AvgIpc) is 3.07. The third kappa shape index (κ3) is 3.46. The summed E-state index contributed by atoms with van der Waals surface area (Å²) in [6.45, 7) is 8.87. The van der Waals surface area contributed by atoms with Gasteiger partial charge in [0.15, 0.2) is 0 Å². The second kappa shape index (κ2) is 7.55. The highest BCUT2D eigenvalue weighted by Gasteiger charge is 2.40. The maximum atomic E-state index is 12.4. The molecule has 6 heteroatoms. The van der Waals surface area contributed by atoms with Crippen molar-refractivity contribution in [2.75, 3.05) is 19.6 Å². The van der Waals surface area contributed by atoms with E-state index < -0.39 is 0 Å². The smallest absolute Gasteiger partial charge is 0.239 e. The van der Waals surface area contributed by atoms with Crippen molar-refractivity contribution in [2.45, 2.75) is 51.9 Å². The van der Waals surface area contributed by atoms with Crippen molar-refractivity contribution >= 4 is 5.91 Å². The van der Waals surface area contributed by atoms with Gasteiger partial charge in [0.25, 0.3) is 0 Å². The summed E-state index contributed by atoms with van der Waals surface area (Å²) in [5.74, 6) is 1.47. The van der Waals surface area contributed by atoms with Crippen LogP contribution in [0, 0.1) is 11.8 Å². The molecule has 0 bridgehead atoms. The zero-order valence-corrected chi connectivity index (χ0v) is 15.8. The average molecular weight is 358 g/mol. The molecule has 2 fully saturated rings. The third-order valence-corrected chi connectivity index (χ3v) is 5.97. The zero-order chi connectivity index (χ0) is 18.1. The van der Waals surface area contributed by atoms with Crippen LogP contribution in [-0.2, 0) is 17.9 Å². The lowest BCUT2D eigenvalue weighted by molar-refractivity contribution is -0.133. The molecule has 1 amide bonds. The van der Waals surface area contributed by atoms with Crippen molar-refractivity contribution < 1.29 is 9.53 Å². The maximum absolute atomic E-state index is 12.4. The van der Waals surface area contributed by atoms with Crippen LogP contribution in [0.4, 0.5) is 0 Å². The van der Waals surface area contributed by atoms with Crippen LogP contribution in [0.3, 0.4) is 0 Å². The summed E-state index contributed by atoms with van der Waals surface area (Å²) in [5, 5.41) is 3.39. The van der Waals surface area contributed by atoms with E-state index in [1.165, 1.54) is 11.1 Å². The Balaban J connectivity index is 1.51. The van der Waals surface area contributed by atoms with Crippen LogP contribution in [0.1, 0.15) is 37.8 Å². The molecule has 2 unspecified atom stereocenters. The van der Waals surface area contributed by atoms with E-state index in [0.29, 0.717) is 12.0 Å². The Morgan fingerprint density at radius 3 is 2.77 bits per heavy atom. The summed E-state index contributed by atoms with van der Waals surface area (Å²) < 4.78 is 6.37. The summed E-state index contributed by atoms with van der Waals surface area (Å²) in [6, 6.07) is 6.62. The minimum absolute atomic E-state index is 0.0133. The van der Waals surface area contributed by atoms with E-state index in [4.69, 9.17) is 4.74 Å². The highest BCUT2D eigenvalue weighted by Crippen LogP contribution is 2.35. The lowest BCUT2D eigenvalue weighted by Gasteiger charge is -2.39. The van der Waals surface area contributed by atoms with Gasteiger partial charge in [-0.05, 0) is 43.5 Å². The molecule has 0 aliphatic carbocycles. The molecule has 2 saturated heterocycles. The van der Waals surface area contributed by atoms with Gasteiger partial charge in [-0.3, -0.25) is 15.1 Å². The predicted octanol–water partition coefficient (Wildman–Crippen LogP) is 1.41. The van der Waals surface area contributed by atoms with Gasteiger partial charge >= 0.3 is 0 Å². The number of piperidine rings is 1. The lowest BCUT2D eigenvalue weighted by Crippen LogP contribution is -2.61. The fraction of sp³-hybridized carbons (Fsp3) is 0.650. The molecular formula is C20H30N4O2. The summed E-state index contributed by atoms with van der Waals surface area (Å²) in [7, 11) is 0. The molecule has 3 aliphatic rings. The molecule has 0 aromatic heterocycles. The van der Waals surface area contributed by atoms with Gasteiger partial charge < -0.3 is 10.1 Å². The molecule has 6 nitrogen and oxygen atoms in total. The molecule has 142 valence electrons. The van der Waals surface area contributed by atoms with Gasteiger partial charge in [-0.2, -0.15) is 0 Å². The van der Waals surface area contributed by atoms with Gasteiger partial charge in [0.2, 0.25) is 5.91 Å². The number of amides is 1. The fourth-order valence-electron chi connectivity index (χ4n) is 4.59. The largest absolute Gasteiger partial charge is 0.490 e. The Morgan fingerprint density at radius 1 is 1.19 bits per heavy atom. The van der Waals surface area contributed by atoms with Gasteiger partial charge in [0.05, 0.1) is 5.92 Å². The van der Waals surface area contributed by atoms with Crippen LogP contribution < -0.4 is 20.9 Å².